The van der Waals surface area contributed by atoms with Crippen molar-refractivity contribution < 1.29 is 48.4 Å². The van der Waals surface area contributed by atoms with Crippen LogP contribution in [0.25, 0.3) is 11.4 Å². The van der Waals surface area contributed by atoms with Crippen molar-refractivity contribution in [1.82, 2.24) is 4.98 Å². The summed E-state index contributed by atoms with van der Waals surface area (Å²) in [7, 11) is -4.67. The Morgan fingerprint density at radius 2 is 1.61 bits per heavy atom. The van der Waals surface area contributed by atoms with Crippen molar-refractivity contribution in [2.75, 3.05) is 6.54 Å². The van der Waals surface area contributed by atoms with Gasteiger partial charge in [-0.3, -0.25) is 44.3 Å². The number of nitro groups is 2. The fraction of sp³-hybridized carbons (Fsp3) is 0.292. The third-order valence-corrected chi connectivity index (χ3v) is 6.47. The van der Waals surface area contributed by atoms with Crippen LogP contribution in [-0.2, 0) is 31.4 Å². The number of dihydropyridines is 2. The Kier molecular flexibility index (Phi) is 11.0. The van der Waals surface area contributed by atoms with Gasteiger partial charge in [-0.2, -0.15) is 8.42 Å². The third kappa shape index (κ3) is 8.12. The summed E-state index contributed by atoms with van der Waals surface area (Å²) in [5.74, 6) is -0.516. The monoisotopic (exact) mass is 622 g/mol. The van der Waals surface area contributed by atoms with Crippen LogP contribution in [0.1, 0.15) is 17.3 Å². The number of pyridine rings is 1. The number of hydrogen-bond donors (Lipinski definition) is 2. The Hall–Kier alpha value is -3.80. The molecule has 17 heteroatoms. The van der Waals surface area contributed by atoms with E-state index in [1.807, 2.05) is 30.4 Å². The molecular formula is C24H23N6O9SV-. The van der Waals surface area contributed by atoms with Crippen LogP contribution in [0.15, 0.2) is 82.2 Å². The van der Waals surface area contributed by atoms with Crippen LogP contribution in [0, 0.1) is 38.0 Å². The predicted octanol–water partition coefficient (Wildman–Crippen LogP) is 2.95. The van der Waals surface area contributed by atoms with E-state index in [0.717, 1.165) is 28.6 Å². The van der Waals surface area contributed by atoms with E-state index < -0.39 is 10.4 Å². The van der Waals surface area contributed by atoms with Crippen LogP contribution < -0.4 is 0 Å². The van der Waals surface area contributed by atoms with Crippen LogP contribution >= 0.6 is 0 Å². The van der Waals surface area contributed by atoms with Gasteiger partial charge in [-0.15, -0.1) is 18.7 Å². The second kappa shape index (κ2) is 14.2. The summed E-state index contributed by atoms with van der Waals surface area (Å²) in [6.45, 7) is 0.686. The second-order valence-corrected chi connectivity index (χ2v) is 9.71. The van der Waals surface area contributed by atoms with E-state index >= 15 is 0 Å². The van der Waals surface area contributed by atoms with Gasteiger partial charge in [0.25, 0.3) is 11.4 Å². The van der Waals surface area contributed by atoms with Crippen molar-refractivity contribution in [2.24, 2.45) is 27.7 Å². The molecule has 0 amide bonds. The van der Waals surface area contributed by atoms with Crippen LogP contribution in [0.4, 0.5) is 0 Å². The van der Waals surface area contributed by atoms with Gasteiger partial charge in [-0.05, 0) is 30.2 Å². The number of allylic oxidation sites excluding steroid dienone is 2. The molecule has 1 aromatic rings. The first-order valence-corrected chi connectivity index (χ1v) is 13.8. The summed E-state index contributed by atoms with van der Waals surface area (Å²) in [6, 6.07) is 3.28. The molecule has 41 heavy (non-hydrogen) atoms. The zero-order chi connectivity index (χ0) is 30.2. The molecule has 6 rings (SSSR count). The van der Waals surface area contributed by atoms with Crippen molar-refractivity contribution in [3.05, 3.63) is 109 Å². The molecule has 6 atom stereocenters. The summed E-state index contributed by atoms with van der Waals surface area (Å²) in [4.78, 5) is 34.5. The Bertz CT molecular complexity index is 1480. The second-order valence-electron chi connectivity index (χ2n) is 8.81. The van der Waals surface area contributed by atoms with E-state index in [4.69, 9.17) is 21.2 Å². The molecule has 5 aliphatic rings. The molecule has 215 valence electrons. The topological polar surface area (TPSA) is 230 Å². The summed E-state index contributed by atoms with van der Waals surface area (Å²) in [5.41, 5.74) is 2.03. The van der Waals surface area contributed by atoms with E-state index in [0.29, 0.717) is 6.54 Å². The zero-order valence-corrected chi connectivity index (χ0v) is 23.2. The van der Waals surface area contributed by atoms with E-state index in [-0.39, 0.29) is 57.1 Å². The van der Waals surface area contributed by atoms with Gasteiger partial charge in [-0.25, -0.2) is 0 Å². The molecule has 0 aromatic carbocycles. The molecule has 0 spiro atoms. The summed E-state index contributed by atoms with van der Waals surface area (Å²) in [6.07, 6.45) is 19.5. The van der Waals surface area contributed by atoms with Crippen LogP contribution in [0.2, 0.25) is 0 Å². The quantitative estimate of drug-likeness (QED) is 0.212. The van der Waals surface area contributed by atoms with Crippen molar-refractivity contribution in [2.45, 2.75) is 18.1 Å². The number of aromatic nitrogens is 1. The SMILES string of the molecule is O=S(=O)(O)O.O=[N+]([O-])C1=CC2C=CC[N-]C2C2N=CC=CC12.O=[N+]([O-])C1=Cc2cccnc2C2N=CC=CC12.[O]=[V]. The summed E-state index contributed by atoms with van der Waals surface area (Å²) in [5, 5.41) is 26.7. The van der Waals surface area contributed by atoms with Gasteiger partial charge < -0.3 is 5.32 Å². The van der Waals surface area contributed by atoms with Crippen molar-refractivity contribution >= 4 is 28.9 Å². The first-order valence-electron chi connectivity index (χ1n) is 11.8. The maximum atomic E-state index is 11.1. The first-order chi connectivity index (χ1) is 19.5. The molecule has 3 aliphatic heterocycles. The van der Waals surface area contributed by atoms with Gasteiger partial charge >= 0.3 is 31.4 Å². The Balaban J connectivity index is 0.000000185. The first kappa shape index (κ1) is 31.7. The normalized spacial score (nSPS) is 27.6. The molecule has 4 heterocycles. The Morgan fingerprint density at radius 3 is 2.27 bits per heavy atom. The van der Waals surface area contributed by atoms with E-state index in [1.165, 1.54) is 0 Å². The molecule has 0 saturated carbocycles. The van der Waals surface area contributed by atoms with Crippen LogP contribution in [-0.4, -0.2) is 63.4 Å². The molecule has 15 nitrogen and oxygen atoms in total. The van der Waals surface area contributed by atoms with Gasteiger partial charge in [0.05, 0.1) is 33.4 Å². The number of rotatable bonds is 2. The van der Waals surface area contributed by atoms with Crippen LogP contribution in [0.5, 0.6) is 0 Å². The Labute approximate surface area is 243 Å². The fourth-order valence-electron chi connectivity index (χ4n) is 4.96. The minimum absolute atomic E-state index is 0.0223. The van der Waals surface area contributed by atoms with Gasteiger partial charge in [-0.1, -0.05) is 24.3 Å². The summed E-state index contributed by atoms with van der Waals surface area (Å²) >= 11 is 1.06. The van der Waals surface area contributed by atoms with Crippen LogP contribution in [0.3, 0.4) is 0 Å². The minimum atomic E-state index is -4.67. The van der Waals surface area contributed by atoms with Crippen molar-refractivity contribution in [1.29, 1.82) is 0 Å². The predicted molar refractivity (Wildman–Crippen MR) is 143 cm³/mol. The van der Waals surface area contributed by atoms with Crippen molar-refractivity contribution in [3.63, 3.8) is 0 Å². The van der Waals surface area contributed by atoms with Gasteiger partial charge in [0, 0.05) is 30.3 Å². The molecular weight excluding hydrogens is 599 g/mol. The van der Waals surface area contributed by atoms with Gasteiger partial charge in [0.15, 0.2) is 0 Å². The number of aliphatic imine (C=N–C) groups is 2. The molecule has 0 fully saturated rings. The summed E-state index contributed by atoms with van der Waals surface area (Å²) < 4.78 is 39.8. The average molecular weight is 622 g/mol. The fourth-order valence-corrected chi connectivity index (χ4v) is 4.96. The average Bonchev–Trinajstić information content (AvgIpc) is 2.96. The standard InChI is InChI=1S/C12H12N3O2.C12H9N3O2.H2O4S.O.V/c2*16-15(17)10-7-8-3-1-5-13-11(8)12-9(10)4-2-6-14-12;1-5(2,3)4;;/h1-4,6-9,11-12H,5H2;1-7,9,12H;(H2,1,2,3,4);;/q-1;;;;. The maximum absolute atomic E-state index is 11.1. The number of fused-ring (bicyclic) bond motifs is 6. The van der Waals surface area contributed by atoms with E-state index in [1.54, 1.807) is 49.0 Å². The van der Waals surface area contributed by atoms with E-state index in [9.17, 15) is 20.2 Å². The zero-order valence-electron chi connectivity index (χ0n) is 21.0. The molecule has 6 unspecified atom stereocenters. The van der Waals surface area contributed by atoms with Crippen molar-refractivity contribution in [3.8, 4) is 0 Å². The molecule has 1 aromatic heterocycles. The van der Waals surface area contributed by atoms with E-state index in [2.05, 4.69) is 20.3 Å². The Morgan fingerprint density at radius 1 is 0.976 bits per heavy atom. The van der Waals surface area contributed by atoms with Gasteiger partial charge in [0.1, 0.15) is 6.04 Å². The van der Waals surface area contributed by atoms with Gasteiger partial charge in [0.2, 0.25) is 0 Å². The number of nitrogens with zero attached hydrogens (tertiary/aromatic N) is 6. The molecule has 0 saturated heterocycles. The molecule has 0 bridgehead atoms. The molecule has 2 aliphatic carbocycles. The number of hydrogen-bond acceptors (Lipinski definition) is 10. The molecule has 2 N–H and O–H groups in total. The third-order valence-electron chi connectivity index (χ3n) is 6.47. The molecule has 0 radical (unpaired) electrons.